The number of aryl methyl sites for hydroxylation is 1. The predicted octanol–water partition coefficient (Wildman–Crippen LogP) is 3.41. The normalized spacial score (nSPS) is 11.4. The largest absolute Gasteiger partial charge is 0.373 e. The van der Waals surface area contributed by atoms with Crippen LogP contribution in [0.3, 0.4) is 0 Å². The number of aromatic nitrogens is 2. The second kappa shape index (κ2) is 7.58. The Bertz CT molecular complexity index is 361. The number of hydrogen-bond acceptors (Lipinski definition) is 5. The maximum atomic E-state index is 4.53. The molecule has 0 saturated heterocycles. The lowest BCUT2D eigenvalue weighted by atomic mass is 10.0. The van der Waals surface area contributed by atoms with Gasteiger partial charge in [0.15, 0.2) is 0 Å². The van der Waals surface area contributed by atoms with Gasteiger partial charge in [-0.05, 0) is 19.1 Å². The van der Waals surface area contributed by atoms with Gasteiger partial charge in [-0.15, -0.1) is 0 Å². The smallest absolute Gasteiger partial charge is 0.132 e. The van der Waals surface area contributed by atoms with Crippen molar-refractivity contribution in [2.24, 2.45) is 0 Å². The molecule has 0 atom stereocenters. The molecule has 2 N–H and O–H groups in total. The van der Waals surface area contributed by atoms with Gasteiger partial charge in [-0.2, -0.15) is 11.8 Å². The van der Waals surface area contributed by atoms with E-state index in [-0.39, 0.29) is 4.75 Å². The first-order valence-corrected chi connectivity index (χ1v) is 8.20. The van der Waals surface area contributed by atoms with E-state index in [0.717, 1.165) is 43.3 Å². The summed E-state index contributed by atoms with van der Waals surface area (Å²) < 4.78 is 0.289. The molecule has 0 saturated carbocycles. The molecule has 4 nitrogen and oxygen atoms in total. The van der Waals surface area contributed by atoms with Gasteiger partial charge in [0, 0.05) is 30.8 Å². The van der Waals surface area contributed by atoms with Gasteiger partial charge in [-0.3, -0.25) is 0 Å². The SMILES string of the molecule is CCc1nc(NC)cc(NCC(CC)(CC)SC)n1. The van der Waals surface area contributed by atoms with Crippen LogP contribution in [0.2, 0.25) is 0 Å². The topological polar surface area (TPSA) is 49.8 Å². The molecular formula is C14H26N4S. The molecule has 0 aliphatic heterocycles. The molecule has 5 heteroatoms. The Labute approximate surface area is 121 Å². The number of nitrogens with one attached hydrogen (secondary N) is 2. The summed E-state index contributed by atoms with van der Waals surface area (Å²) in [6, 6.07) is 1.97. The number of rotatable bonds is 8. The van der Waals surface area contributed by atoms with Gasteiger partial charge in [0.1, 0.15) is 17.5 Å². The van der Waals surface area contributed by atoms with Crippen molar-refractivity contribution in [3.63, 3.8) is 0 Å². The lowest BCUT2D eigenvalue weighted by molar-refractivity contribution is 0.573. The van der Waals surface area contributed by atoms with Gasteiger partial charge in [0.05, 0.1) is 0 Å². The highest BCUT2D eigenvalue weighted by Gasteiger charge is 2.24. The molecule has 0 amide bonds. The van der Waals surface area contributed by atoms with Crippen LogP contribution in [-0.2, 0) is 6.42 Å². The first-order valence-electron chi connectivity index (χ1n) is 6.97. The molecule has 0 aliphatic rings. The zero-order valence-corrected chi connectivity index (χ0v) is 13.5. The lowest BCUT2D eigenvalue weighted by Crippen LogP contribution is -2.32. The summed E-state index contributed by atoms with van der Waals surface area (Å²) in [5, 5.41) is 6.56. The van der Waals surface area contributed by atoms with Crippen LogP contribution in [0.15, 0.2) is 6.07 Å². The molecule has 1 rings (SSSR count). The van der Waals surface area contributed by atoms with Gasteiger partial charge in [-0.1, -0.05) is 20.8 Å². The maximum Gasteiger partial charge on any atom is 0.132 e. The summed E-state index contributed by atoms with van der Waals surface area (Å²) in [6.45, 7) is 7.50. The van der Waals surface area contributed by atoms with Crippen LogP contribution in [0.25, 0.3) is 0 Å². The summed E-state index contributed by atoms with van der Waals surface area (Å²) in [7, 11) is 1.88. The molecule has 0 aromatic carbocycles. The molecule has 0 spiro atoms. The number of nitrogens with zero attached hydrogens (tertiary/aromatic N) is 2. The fraction of sp³-hybridized carbons (Fsp3) is 0.714. The summed E-state index contributed by atoms with van der Waals surface area (Å²) in [6.07, 6.45) is 5.34. The second-order valence-corrected chi connectivity index (χ2v) is 5.88. The Balaban J connectivity index is 2.81. The van der Waals surface area contributed by atoms with Crippen LogP contribution < -0.4 is 10.6 Å². The summed E-state index contributed by atoms with van der Waals surface area (Å²) in [4.78, 5) is 8.94. The molecule has 1 aromatic heterocycles. The van der Waals surface area contributed by atoms with Crippen molar-refractivity contribution in [3.05, 3.63) is 11.9 Å². The van der Waals surface area contributed by atoms with Gasteiger partial charge >= 0.3 is 0 Å². The van der Waals surface area contributed by atoms with E-state index in [9.17, 15) is 0 Å². The lowest BCUT2D eigenvalue weighted by Gasteiger charge is -2.30. The van der Waals surface area contributed by atoms with Crippen LogP contribution in [-0.4, -0.2) is 34.6 Å². The van der Waals surface area contributed by atoms with Crippen molar-refractivity contribution in [3.8, 4) is 0 Å². The first kappa shape index (κ1) is 16.1. The summed E-state index contributed by atoms with van der Waals surface area (Å²) in [5.41, 5.74) is 0. The van der Waals surface area contributed by atoms with Crippen molar-refractivity contribution in [1.82, 2.24) is 9.97 Å². The van der Waals surface area contributed by atoms with Crippen molar-refractivity contribution in [2.45, 2.75) is 44.8 Å². The first-order chi connectivity index (χ1) is 9.12. The van der Waals surface area contributed by atoms with E-state index in [1.165, 1.54) is 0 Å². The Kier molecular flexibility index (Phi) is 6.42. The number of thioether (sulfide) groups is 1. The number of hydrogen-bond donors (Lipinski definition) is 2. The second-order valence-electron chi connectivity index (χ2n) is 4.61. The van der Waals surface area contributed by atoms with E-state index in [1.807, 2.05) is 24.9 Å². The average Bonchev–Trinajstić information content (AvgIpc) is 2.48. The quantitative estimate of drug-likeness (QED) is 0.765. The van der Waals surface area contributed by atoms with E-state index in [4.69, 9.17) is 0 Å². The molecule has 0 bridgehead atoms. The third-order valence-corrected chi connectivity index (χ3v) is 5.25. The van der Waals surface area contributed by atoms with E-state index in [0.29, 0.717) is 0 Å². The molecule has 1 heterocycles. The Morgan fingerprint density at radius 1 is 1.16 bits per heavy atom. The Hall–Kier alpha value is -0.970. The molecule has 1 aromatic rings. The minimum Gasteiger partial charge on any atom is -0.373 e. The van der Waals surface area contributed by atoms with Crippen LogP contribution in [0.4, 0.5) is 11.6 Å². The highest BCUT2D eigenvalue weighted by Crippen LogP contribution is 2.30. The zero-order chi connectivity index (χ0) is 14.3. The molecule has 19 heavy (non-hydrogen) atoms. The third kappa shape index (κ3) is 4.27. The average molecular weight is 282 g/mol. The van der Waals surface area contributed by atoms with Crippen LogP contribution >= 0.6 is 11.8 Å². The fourth-order valence-corrected chi connectivity index (χ4v) is 2.78. The molecule has 108 valence electrons. The van der Waals surface area contributed by atoms with Gasteiger partial charge in [0.25, 0.3) is 0 Å². The predicted molar refractivity (Wildman–Crippen MR) is 86.3 cm³/mol. The van der Waals surface area contributed by atoms with Crippen molar-refractivity contribution < 1.29 is 0 Å². The Morgan fingerprint density at radius 3 is 2.26 bits per heavy atom. The minimum absolute atomic E-state index is 0.289. The maximum absolute atomic E-state index is 4.53. The standard InChI is InChI=1S/C14H26N4S/c1-6-11-17-12(15-4)9-13(18-11)16-10-14(7-2,8-3)19-5/h9H,6-8,10H2,1-5H3,(H2,15,16,17,18). The van der Waals surface area contributed by atoms with Crippen LogP contribution in [0.1, 0.15) is 39.4 Å². The Morgan fingerprint density at radius 2 is 1.79 bits per heavy atom. The van der Waals surface area contributed by atoms with Crippen molar-refractivity contribution in [2.75, 3.05) is 30.5 Å². The molecule has 0 radical (unpaired) electrons. The van der Waals surface area contributed by atoms with E-state index in [1.54, 1.807) is 0 Å². The van der Waals surface area contributed by atoms with Crippen LogP contribution in [0.5, 0.6) is 0 Å². The molecule has 0 aliphatic carbocycles. The number of anilines is 2. The fourth-order valence-electron chi connectivity index (χ4n) is 1.99. The summed E-state index contributed by atoms with van der Waals surface area (Å²) >= 11 is 1.93. The molecule has 0 fully saturated rings. The van der Waals surface area contributed by atoms with Crippen molar-refractivity contribution >= 4 is 23.4 Å². The van der Waals surface area contributed by atoms with Gasteiger partial charge in [0.2, 0.25) is 0 Å². The summed E-state index contributed by atoms with van der Waals surface area (Å²) in [5.74, 6) is 2.66. The van der Waals surface area contributed by atoms with E-state index >= 15 is 0 Å². The molecular weight excluding hydrogens is 256 g/mol. The highest BCUT2D eigenvalue weighted by molar-refractivity contribution is 8.00. The minimum atomic E-state index is 0.289. The zero-order valence-electron chi connectivity index (χ0n) is 12.7. The van der Waals surface area contributed by atoms with E-state index < -0.39 is 0 Å². The van der Waals surface area contributed by atoms with Gasteiger partial charge in [-0.25, -0.2) is 9.97 Å². The highest BCUT2D eigenvalue weighted by atomic mass is 32.2. The van der Waals surface area contributed by atoms with Crippen LogP contribution in [0, 0.1) is 0 Å². The molecule has 0 unspecified atom stereocenters. The van der Waals surface area contributed by atoms with Crippen molar-refractivity contribution in [1.29, 1.82) is 0 Å². The van der Waals surface area contributed by atoms with E-state index in [2.05, 4.69) is 47.6 Å². The monoisotopic (exact) mass is 282 g/mol. The van der Waals surface area contributed by atoms with Gasteiger partial charge < -0.3 is 10.6 Å². The third-order valence-electron chi connectivity index (χ3n) is 3.66.